The maximum atomic E-state index is 12.7. The number of carbonyl (C=O) groups excluding carboxylic acids is 2. The summed E-state index contributed by atoms with van der Waals surface area (Å²) in [6.45, 7) is 0.448. The molecule has 0 saturated heterocycles. The van der Waals surface area contributed by atoms with Crippen molar-refractivity contribution >= 4 is 63.8 Å². The Bertz CT molecular complexity index is 1150. The Balaban J connectivity index is 1.48. The number of thiophene rings is 1. The summed E-state index contributed by atoms with van der Waals surface area (Å²) in [6, 6.07) is 3.61. The van der Waals surface area contributed by atoms with E-state index in [0.717, 1.165) is 20.4 Å². The van der Waals surface area contributed by atoms with Crippen molar-refractivity contribution in [2.24, 2.45) is 0 Å². The zero-order valence-corrected chi connectivity index (χ0v) is 19.3. The van der Waals surface area contributed by atoms with Crippen LogP contribution in [-0.4, -0.2) is 23.2 Å². The van der Waals surface area contributed by atoms with E-state index in [4.69, 9.17) is 23.2 Å². The Morgan fingerprint density at radius 2 is 2.19 bits per heavy atom. The van der Waals surface area contributed by atoms with Gasteiger partial charge in [-0.25, -0.2) is 4.98 Å². The summed E-state index contributed by atoms with van der Waals surface area (Å²) in [7, 11) is 0. The van der Waals surface area contributed by atoms with Gasteiger partial charge < -0.3 is 10.2 Å². The number of nitrogens with one attached hydrogen (secondary N) is 1. The molecule has 2 aliphatic rings. The van der Waals surface area contributed by atoms with E-state index in [-0.39, 0.29) is 16.7 Å². The molecule has 0 fully saturated rings. The number of hydrogen-bond acceptors (Lipinski definition) is 6. The van der Waals surface area contributed by atoms with Crippen molar-refractivity contribution in [3.8, 4) is 0 Å². The van der Waals surface area contributed by atoms with Crippen LogP contribution >= 0.6 is 46.3 Å². The van der Waals surface area contributed by atoms with Crippen molar-refractivity contribution in [3.63, 3.8) is 0 Å². The Kier molecular flexibility index (Phi) is 6.97. The minimum atomic E-state index is -0.273. The zero-order valence-electron chi connectivity index (χ0n) is 16.2. The predicted molar refractivity (Wildman–Crippen MR) is 129 cm³/mol. The third-order valence-corrected chi connectivity index (χ3v) is 7.09. The lowest BCUT2D eigenvalue weighted by Crippen LogP contribution is -2.26. The van der Waals surface area contributed by atoms with E-state index in [9.17, 15) is 9.59 Å². The minimum absolute atomic E-state index is 0.0763. The van der Waals surface area contributed by atoms with E-state index < -0.39 is 0 Å². The molecule has 1 N–H and O–H groups in total. The Morgan fingerprint density at radius 1 is 1.32 bits per heavy atom. The van der Waals surface area contributed by atoms with Gasteiger partial charge in [-0.1, -0.05) is 47.1 Å². The van der Waals surface area contributed by atoms with Crippen molar-refractivity contribution in [2.45, 2.75) is 12.8 Å². The molecule has 2 aromatic rings. The second-order valence-electron chi connectivity index (χ2n) is 6.75. The fraction of sp³-hybridized carbons (Fsp3) is 0.136. The minimum Gasteiger partial charge on any atom is -0.352 e. The molecule has 2 aromatic heterocycles. The van der Waals surface area contributed by atoms with Crippen LogP contribution in [0.1, 0.15) is 22.3 Å². The van der Waals surface area contributed by atoms with Gasteiger partial charge in [0, 0.05) is 36.5 Å². The first kappa shape index (κ1) is 21.9. The van der Waals surface area contributed by atoms with E-state index in [0.29, 0.717) is 30.8 Å². The first-order chi connectivity index (χ1) is 15.0. The van der Waals surface area contributed by atoms with Gasteiger partial charge in [-0.2, -0.15) is 0 Å². The second-order valence-corrected chi connectivity index (χ2v) is 9.62. The predicted octanol–water partition coefficient (Wildman–Crippen LogP) is 5.74. The average Bonchev–Trinajstić information content (AvgIpc) is 3.19. The van der Waals surface area contributed by atoms with Crippen LogP contribution in [0.25, 0.3) is 0 Å². The maximum absolute atomic E-state index is 12.7. The number of thioether (sulfide) groups is 1. The number of pyridine rings is 1. The van der Waals surface area contributed by atoms with Crippen molar-refractivity contribution in [2.75, 3.05) is 11.4 Å². The highest BCUT2D eigenvalue weighted by Crippen LogP contribution is 2.34. The number of halogens is 2. The van der Waals surface area contributed by atoms with E-state index in [1.54, 1.807) is 18.2 Å². The molecule has 158 valence electrons. The number of amides is 1. The standard InChI is InChI=1S/C22H17Cl2N3O2S2/c23-18-12-26-20(11-17(18)22(29)25-6-4-14-5-8-31-21(14)24)27-7-9-30-19(13-27)15-2-1-3-16(28)10-15/h1-3,5,7-9,11-13H,4,6,10H2,(H,25,29). The number of nitrogens with zero attached hydrogens (tertiary/aromatic N) is 2. The number of hydrogen-bond donors (Lipinski definition) is 1. The zero-order chi connectivity index (χ0) is 21.8. The van der Waals surface area contributed by atoms with E-state index in [2.05, 4.69) is 10.3 Å². The summed E-state index contributed by atoms with van der Waals surface area (Å²) in [5.74, 6) is 0.362. The lowest BCUT2D eigenvalue weighted by molar-refractivity contribution is -0.114. The lowest BCUT2D eigenvalue weighted by Gasteiger charge is -2.22. The molecule has 31 heavy (non-hydrogen) atoms. The van der Waals surface area contributed by atoms with Gasteiger partial charge in [0.1, 0.15) is 5.82 Å². The van der Waals surface area contributed by atoms with Crippen LogP contribution in [-0.2, 0) is 11.2 Å². The quantitative estimate of drug-likeness (QED) is 0.559. The van der Waals surface area contributed by atoms with Gasteiger partial charge in [-0.15, -0.1) is 11.3 Å². The van der Waals surface area contributed by atoms with Gasteiger partial charge in [0.05, 0.1) is 14.9 Å². The van der Waals surface area contributed by atoms with Gasteiger partial charge in [0.25, 0.3) is 5.91 Å². The fourth-order valence-corrected chi connectivity index (χ4v) is 5.04. The summed E-state index contributed by atoms with van der Waals surface area (Å²) in [4.78, 5) is 31.6. The summed E-state index contributed by atoms with van der Waals surface area (Å²) < 4.78 is 0.737. The van der Waals surface area contributed by atoms with Crippen LogP contribution in [0.2, 0.25) is 9.36 Å². The molecular formula is C22H17Cl2N3O2S2. The number of carbonyl (C=O) groups is 2. The van der Waals surface area contributed by atoms with Crippen molar-refractivity contribution in [1.29, 1.82) is 0 Å². The van der Waals surface area contributed by atoms with E-state index in [1.165, 1.54) is 29.3 Å². The van der Waals surface area contributed by atoms with Crippen LogP contribution in [0.15, 0.2) is 70.2 Å². The van der Waals surface area contributed by atoms with Crippen molar-refractivity contribution in [3.05, 3.63) is 90.7 Å². The summed E-state index contributed by atoms with van der Waals surface area (Å²) in [5.41, 5.74) is 2.30. The van der Waals surface area contributed by atoms with Crippen LogP contribution in [0, 0.1) is 0 Å². The van der Waals surface area contributed by atoms with Gasteiger partial charge in [-0.05, 0) is 46.6 Å². The maximum Gasteiger partial charge on any atom is 0.253 e. The first-order valence-corrected chi connectivity index (χ1v) is 11.9. The number of allylic oxidation sites excluding steroid dienone is 4. The highest BCUT2D eigenvalue weighted by atomic mass is 35.5. The average molecular weight is 490 g/mol. The molecule has 0 saturated carbocycles. The Labute approximate surface area is 198 Å². The van der Waals surface area contributed by atoms with E-state index in [1.807, 2.05) is 40.2 Å². The molecule has 3 heterocycles. The van der Waals surface area contributed by atoms with Crippen molar-refractivity contribution in [1.82, 2.24) is 10.3 Å². The molecule has 0 atom stereocenters. The van der Waals surface area contributed by atoms with Gasteiger partial charge >= 0.3 is 0 Å². The SMILES string of the molecule is O=C1C=CC=C(C2=CN(c3cc(C(=O)NCCc4ccsc4Cl)c(Cl)cn3)C=CS2)C1. The monoisotopic (exact) mass is 489 g/mol. The van der Waals surface area contributed by atoms with Gasteiger partial charge in [0.2, 0.25) is 0 Å². The lowest BCUT2D eigenvalue weighted by atomic mass is 10.0. The topological polar surface area (TPSA) is 62.3 Å². The molecule has 0 spiro atoms. The summed E-state index contributed by atoms with van der Waals surface area (Å²) in [6.07, 6.45) is 11.5. The van der Waals surface area contributed by atoms with Crippen LogP contribution in [0.3, 0.4) is 0 Å². The second kappa shape index (κ2) is 9.87. The smallest absolute Gasteiger partial charge is 0.253 e. The molecule has 1 aliphatic heterocycles. The Hall–Kier alpha value is -2.32. The number of rotatable bonds is 6. The Morgan fingerprint density at radius 3 is 2.97 bits per heavy atom. The highest BCUT2D eigenvalue weighted by molar-refractivity contribution is 8.06. The molecule has 1 amide bonds. The number of aromatic nitrogens is 1. The fourth-order valence-electron chi connectivity index (χ4n) is 3.06. The molecular weight excluding hydrogens is 473 g/mol. The van der Waals surface area contributed by atoms with Crippen LogP contribution < -0.4 is 10.2 Å². The summed E-state index contributed by atoms with van der Waals surface area (Å²) >= 11 is 15.4. The number of ketones is 1. The molecule has 9 heteroatoms. The van der Waals surface area contributed by atoms with Crippen LogP contribution in [0.4, 0.5) is 5.82 Å². The third kappa shape index (κ3) is 5.30. The molecule has 0 unspecified atom stereocenters. The molecule has 0 radical (unpaired) electrons. The van der Waals surface area contributed by atoms with E-state index >= 15 is 0 Å². The van der Waals surface area contributed by atoms with Gasteiger partial charge in [-0.3, -0.25) is 9.59 Å². The third-order valence-electron chi connectivity index (χ3n) is 4.66. The molecule has 4 rings (SSSR count). The van der Waals surface area contributed by atoms with Gasteiger partial charge in [0.15, 0.2) is 5.78 Å². The number of anilines is 1. The van der Waals surface area contributed by atoms with Crippen LogP contribution in [0.5, 0.6) is 0 Å². The normalized spacial score (nSPS) is 15.7. The highest BCUT2D eigenvalue weighted by Gasteiger charge is 2.18. The largest absolute Gasteiger partial charge is 0.352 e. The first-order valence-electron chi connectivity index (χ1n) is 9.41. The summed E-state index contributed by atoms with van der Waals surface area (Å²) in [5, 5.41) is 7.00. The molecule has 1 aliphatic carbocycles. The molecule has 0 bridgehead atoms. The molecule has 0 aromatic carbocycles. The molecule has 5 nitrogen and oxygen atoms in total. The van der Waals surface area contributed by atoms with Crippen molar-refractivity contribution < 1.29 is 9.59 Å².